The molecule has 0 aromatic carbocycles. The van der Waals surface area contributed by atoms with Crippen LogP contribution >= 0.6 is 11.3 Å². The van der Waals surface area contributed by atoms with Gasteiger partial charge in [-0.3, -0.25) is 0 Å². The molecule has 2 aliphatic rings. The number of likely N-dealkylation sites (tertiary alicyclic amines) is 1. The Balaban J connectivity index is 1.35. The molecule has 0 saturated carbocycles. The van der Waals surface area contributed by atoms with Crippen LogP contribution in [0.2, 0.25) is 0 Å². The van der Waals surface area contributed by atoms with Crippen LogP contribution in [0.15, 0.2) is 16.8 Å². The van der Waals surface area contributed by atoms with Gasteiger partial charge < -0.3 is 24.6 Å². The predicted octanol–water partition coefficient (Wildman–Crippen LogP) is 4.85. The van der Waals surface area contributed by atoms with E-state index in [0.29, 0.717) is 34.5 Å². The number of hydrogen-bond donors (Lipinski definition) is 1. The minimum absolute atomic E-state index is 0.156. The van der Waals surface area contributed by atoms with Gasteiger partial charge in [0.25, 0.3) is 0 Å². The Labute approximate surface area is 231 Å². The first-order chi connectivity index (χ1) is 18.5. The van der Waals surface area contributed by atoms with Crippen molar-refractivity contribution in [1.82, 2.24) is 25.0 Å². The highest BCUT2D eigenvalue weighted by Gasteiger charge is 2.43. The van der Waals surface area contributed by atoms with Crippen LogP contribution < -0.4 is 10.5 Å². The van der Waals surface area contributed by atoms with Crippen molar-refractivity contribution in [3.63, 3.8) is 0 Å². The smallest absolute Gasteiger partial charge is 0.410 e. The highest BCUT2D eigenvalue weighted by molar-refractivity contribution is 7.16. The lowest BCUT2D eigenvalue weighted by Gasteiger charge is -2.31. The van der Waals surface area contributed by atoms with Gasteiger partial charge in [-0.2, -0.15) is 15.2 Å². The average Bonchev–Trinajstić information content (AvgIpc) is 3.62. The molecule has 39 heavy (non-hydrogen) atoms. The molecular weight excluding hydrogens is 518 g/mol. The first-order valence-electron chi connectivity index (χ1n) is 13.2. The zero-order valence-corrected chi connectivity index (χ0v) is 23.7. The number of thiophene rings is 1. The highest BCUT2D eigenvalue weighted by Crippen LogP contribution is 2.48. The van der Waals surface area contributed by atoms with E-state index in [1.807, 2.05) is 34.6 Å². The summed E-state index contributed by atoms with van der Waals surface area (Å²) in [6.07, 6.45) is 5.10. The number of anilines is 1. The number of carbonyl (C=O) groups excluding carboxylic acids is 1. The summed E-state index contributed by atoms with van der Waals surface area (Å²) in [5.41, 5.74) is 6.79. The van der Waals surface area contributed by atoms with Crippen molar-refractivity contribution in [1.29, 1.82) is 5.26 Å². The number of aryl methyl sites for hydroxylation is 1. The third-order valence-corrected chi connectivity index (χ3v) is 8.35. The van der Waals surface area contributed by atoms with E-state index in [4.69, 9.17) is 19.7 Å². The van der Waals surface area contributed by atoms with Gasteiger partial charge in [-0.25, -0.2) is 9.78 Å². The molecule has 0 spiro atoms. The van der Waals surface area contributed by atoms with Gasteiger partial charge in [-0.05, 0) is 72.8 Å². The molecule has 4 heterocycles. The van der Waals surface area contributed by atoms with Crippen molar-refractivity contribution in [2.75, 3.05) is 12.3 Å². The normalized spacial score (nSPS) is 21.7. The molecule has 3 aromatic rings. The SMILES string of the molecule is C[C@H](Oc1nccc(-c2noc([C@@]3(C)CCCc4sc(N)c(C#N)c43)n2)n1)[C@@H]1CCCN1C(=O)OC(C)(C)C. The van der Waals surface area contributed by atoms with E-state index in [0.717, 1.165) is 42.5 Å². The number of ether oxygens (including phenoxy) is 2. The third-order valence-electron chi connectivity index (χ3n) is 7.27. The van der Waals surface area contributed by atoms with Gasteiger partial charge in [0, 0.05) is 23.2 Å². The van der Waals surface area contributed by atoms with Crippen LogP contribution in [-0.4, -0.2) is 55.4 Å². The number of nitrogens with zero attached hydrogens (tertiary/aromatic N) is 6. The lowest BCUT2D eigenvalue weighted by Crippen LogP contribution is -2.46. The third kappa shape index (κ3) is 5.15. The number of nitriles is 1. The van der Waals surface area contributed by atoms with Crippen LogP contribution in [-0.2, 0) is 16.6 Å². The first kappa shape index (κ1) is 26.9. The number of rotatable bonds is 5. The monoisotopic (exact) mass is 551 g/mol. The van der Waals surface area contributed by atoms with E-state index >= 15 is 0 Å². The number of carbonyl (C=O) groups is 1. The summed E-state index contributed by atoms with van der Waals surface area (Å²) in [6.45, 7) is 10.1. The fraction of sp³-hybridized carbons (Fsp3) is 0.556. The minimum Gasteiger partial charge on any atom is -0.458 e. The molecule has 1 saturated heterocycles. The van der Waals surface area contributed by atoms with E-state index in [-0.39, 0.29) is 24.2 Å². The number of fused-ring (bicyclic) bond motifs is 1. The largest absolute Gasteiger partial charge is 0.458 e. The summed E-state index contributed by atoms with van der Waals surface area (Å²) < 4.78 is 17.4. The van der Waals surface area contributed by atoms with Crippen LogP contribution in [0, 0.1) is 11.3 Å². The van der Waals surface area contributed by atoms with E-state index in [9.17, 15) is 10.1 Å². The van der Waals surface area contributed by atoms with Crippen LogP contribution in [0.4, 0.5) is 9.80 Å². The first-order valence-corrected chi connectivity index (χ1v) is 14.0. The summed E-state index contributed by atoms with van der Waals surface area (Å²) in [7, 11) is 0. The Hall–Kier alpha value is -3.72. The Morgan fingerprint density at radius 2 is 2.15 bits per heavy atom. The number of nitrogens with two attached hydrogens (primary N) is 1. The number of amides is 1. The predicted molar refractivity (Wildman–Crippen MR) is 144 cm³/mol. The van der Waals surface area contributed by atoms with E-state index in [1.165, 1.54) is 11.3 Å². The molecule has 0 bridgehead atoms. The zero-order valence-electron chi connectivity index (χ0n) is 22.9. The molecule has 0 unspecified atom stereocenters. The molecule has 5 rings (SSSR count). The summed E-state index contributed by atoms with van der Waals surface area (Å²) in [5.74, 6) is 0.720. The quantitative estimate of drug-likeness (QED) is 0.465. The van der Waals surface area contributed by atoms with Crippen LogP contribution in [0.1, 0.15) is 82.2 Å². The molecule has 1 aliphatic heterocycles. The van der Waals surface area contributed by atoms with Crippen molar-refractivity contribution < 1.29 is 18.8 Å². The second-order valence-electron chi connectivity index (χ2n) is 11.3. The Morgan fingerprint density at radius 3 is 2.90 bits per heavy atom. The van der Waals surface area contributed by atoms with Gasteiger partial charge in [-0.1, -0.05) is 5.16 Å². The van der Waals surface area contributed by atoms with Crippen molar-refractivity contribution in [3.05, 3.63) is 34.2 Å². The van der Waals surface area contributed by atoms with E-state index < -0.39 is 11.0 Å². The second kappa shape index (κ2) is 10.1. The molecule has 0 radical (unpaired) electrons. The molecule has 206 valence electrons. The summed E-state index contributed by atoms with van der Waals surface area (Å²) in [6, 6.07) is 3.95. The standard InChI is InChI=1S/C27H33N7O4S/c1-15(18-8-7-13-34(18)25(35)37-26(2,3)4)36-24-30-12-10-17(31-24)22-32-23(38-33-22)27(5)11-6-9-19-20(27)16(14-28)21(29)39-19/h10,12,15,18H,6-9,11,13,29H2,1-5H3/t15-,18-,27-/m0/s1. The Kier molecular flexibility index (Phi) is 6.97. The fourth-order valence-corrected chi connectivity index (χ4v) is 6.65. The van der Waals surface area contributed by atoms with Gasteiger partial charge in [0.2, 0.25) is 11.7 Å². The van der Waals surface area contributed by atoms with Crippen LogP contribution in [0.5, 0.6) is 6.01 Å². The Morgan fingerprint density at radius 1 is 1.36 bits per heavy atom. The number of nitrogen functional groups attached to an aromatic ring is 1. The highest BCUT2D eigenvalue weighted by atomic mass is 32.1. The molecule has 12 heteroatoms. The van der Waals surface area contributed by atoms with Crippen molar-refractivity contribution in [2.45, 2.75) is 89.9 Å². The topological polar surface area (TPSA) is 153 Å². The van der Waals surface area contributed by atoms with Gasteiger partial charge in [0.1, 0.15) is 28.5 Å². The second-order valence-corrected chi connectivity index (χ2v) is 12.4. The molecule has 11 nitrogen and oxygen atoms in total. The maximum atomic E-state index is 12.7. The molecule has 1 aliphatic carbocycles. The van der Waals surface area contributed by atoms with Gasteiger partial charge >= 0.3 is 12.1 Å². The summed E-state index contributed by atoms with van der Waals surface area (Å²) in [4.78, 5) is 29.0. The minimum atomic E-state index is -0.619. The summed E-state index contributed by atoms with van der Waals surface area (Å²) in [5, 5.41) is 14.5. The van der Waals surface area contributed by atoms with Crippen LogP contribution in [0.25, 0.3) is 11.5 Å². The van der Waals surface area contributed by atoms with Gasteiger partial charge in [0.15, 0.2) is 0 Å². The fourth-order valence-electron chi connectivity index (χ4n) is 5.46. The van der Waals surface area contributed by atoms with Gasteiger partial charge in [-0.15, -0.1) is 11.3 Å². The van der Waals surface area contributed by atoms with Gasteiger partial charge in [0.05, 0.1) is 17.0 Å². The maximum absolute atomic E-state index is 12.7. The summed E-state index contributed by atoms with van der Waals surface area (Å²) >= 11 is 1.46. The van der Waals surface area contributed by atoms with Crippen molar-refractivity contribution in [2.24, 2.45) is 0 Å². The number of hydrogen-bond acceptors (Lipinski definition) is 11. The van der Waals surface area contributed by atoms with Crippen molar-refractivity contribution in [3.8, 4) is 23.6 Å². The van der Waals surface area contributed by atoms with Crippen molar-refractivity contribution >= 4 is 22.4 Å². The average molecular weight is 552 g/mol. The van der Waals surface area contributed by atoms with Crippen LogP contribution in [0.3, 0.4) is 0 Å². The molecule has 1 fully saturated rings. The van der Waals surface area contributed by atoms with E-state index in [1.54, 1.807) is 17.2 Å². The lowest BCUT2D eigenvalue weighted by atomic mass is 9.72. The molecule has 1 amide bonds. The molecule has 3 aromatic heterocycles. The number of aromatic nitrogens is 4. The lowest BCUT2D eigenvalue weighted by molar-refractivity contribution is 0.0102. The van der Waals surface area contributed by atoms with E-state index in [2.05, 4.69) is 26.2 Å². The zero-order chi connectivity index (χ0) is 27.9. The Bertz CT molecular complexity index is 1420. The molecular formula is C27H33N7O4S. The molecule has 2 N–H and O–H groups in total. The maximum Gasteiger partial charge on any atom is 0.410 e. The molecule has 3 atom stereocenters.